The number of pyridine rings is 1. The average Bonchev–Trinajstić information content (AvgIpc) is 2.85. The van der Waals surface area contributed by atoms with Gasteiger partial charge < -0.3 is 10.1 Å². The summed E-state index contributed by atoms with van der Waals surface area (Å²) in [7, 11) is 1.42. The minimum absolute atomic E-state index is 0.213. The molecule has 108 valence electrons. The van der Waals surface area contributed by atoms with Crippen LogP contribution in [0.4, 0.5) is 0 Å². The average molecular weight is 275 g/mol. The molecule has 2 aromatic heterocycles. The molecule has 0 aliphatic carbocycles. The van der Waals surface area contributed by atoms with Gasteiger partial charge in [-0.3, -0.25) is 4.79 Å². The van der Waals surface area contributed by atoms with Crippen molar-refractivity contribution >= 4 is 11.5 Å². The second-order valence-electron chi connectivity index (χ2n) is 5.29. The quantitative estimate of drug-likeness (QED) is 0.819. The van der Waals surface area contributed by atoms with E-state index in [1.54, 1.807) is 0 Å². The summed E-state index contributed by atoms with van der Waals surface area (Å²) in [4.78, 5) is 11.8. The maximum absolute atomic E-state index is 11.8. The molecule has 0 saturated heterocycles. The van der Waals surface area contributed by atoms with Gasteiger partial charge in [-0.2, -0.15) is 5.10 Å². The van der Waals surface area contributed by atoms with Crippen molar-refractivity contribution in [3.05, 3.63) is 36.2 Å². The third kappa shape index (κ3) is 3.36. The number of nitrogens with one attached hydrogen (secondary N) is 1. The van der Waals surface area contributed by atoms with Crippen molar-refractivity contribution in [2.45, 2.75) is 32.9 Å². The molecule has 0 aliphatic heterocycles. The van der Waals surface area contributed by atoms with E-state index in [9.17, 15) is 4.79 Å². The first-order valence-corrected chi connectivity index (χ1v) is 6.84. The molecule has 5 nitrogen and oxygen atoms in total. The van der Waals surface area contributed by atoms with Gasteiger partial charge in [0.1, 0.15) is 6.04 Å². The first-order valence-electron chi connectivity index (χ1n) is 6.84. The van der Waals surface area contributed by atoms with E-state index in [2.05, 4.69) is 24.3 Å². The number of fused-ring (bicyclic) bond motifs is 1. The van der Waals surface area contributed by atoms with Gasteiger partial charge in [0.05, 0.1) is 18.8 Å². The summed E-state index contributed by atoms with van der Waals surface area (Å²) in [6.45, 7) is 4.78. The fraction of sp³-hybridized carbons (Fsp3) is 0.467. The number of rotatable bonds is 6. The molecule has 1 N–H and O–H groups in total. The molecule has 0 spiro atoms. The Morgan fingerprint density at radius 1 is 1.45 bits per heavy atom. The van der Waals surface area contributed by atoms with Crippen LogP contribution in [0.25, 0.3) is 5.52 Å². The highest BCUT2D eigenvalue weighted by Gasteiger charge is 2.20. The number of nitrogens with zero attached hydrogens (tertiary/aromatic N) is 2. The molecular formula is C15H21N3O2. The van der Waals surface area contributed by atoms with Gasteiger partial charge in [0.2, 0.25) is 0 Å². The van der Waals surface area contributed by atoms with Gasteiger partial charge in [0.15, 0.2) is 0 Å². The summed E-state index contributed by atoms with van der Waals surface area (Å²) >= 11 is 0. The standard InChI is InChI=1S/C15H21N3O2/c1-11(2)8-13(15(19)20-3)16-9-12-10-17-18-7-5-4-6-14(12)18/h4-7,10-11,13,16H,8-9H2,1-3H3. The van der Waals surface area contributed by atoms with Crippen molar-refractivity contribution in [3.63, 3.8) is 0 Å². The smallest absolute Gasteiger partial charge is 0.322 e. The summed E-state index contributed by atoms with van der Waals surface area (Å²) < 4.78 is 6.67. The van der Waals surface area contributed by atoms with Gasteiger partial charge >= 0.3 is 5.97 Å². The third-order valence-corrected chi connectivity index (χ3v) is 3.24. The molecule has 5 heteroatoms. The van der Waals surface area contributed by atoms with Crippen LogP contribution < -0.4 is 5.32 Å². The maximum atomic E-state index is 11.8. The second-order valence-corrected chi connectivity index (χ2v) is 5.29. The molecule has 0 aromatic carbocycles. The maximum Gasteiger partial charge on any atom is 0.322 e. The minimum atomic E-state index is -0.279. The number of esters is 1. The fourth-order valence-corrected chi connectivity index (χ4v) is 2.23. The van der Waals surface area contributed by atoms with Gasteiger partial charge in [-0.1, -0.05) is 19.9 Å². The van der Waals surface area contributed by atoms with E-state index in [-0.39, 0.29) is 12.0 Å². The molecule has 0 saturated carbocycles. The van der Waals surface area contributed by atoms with Crippen LogP contribution in [0, 0.1) is 5.92 Å². The molecule has 0 radical (unpaired) electrons. The van der Waals surface area contributed by atoms with Gasteiger partial charge in [0.25, 0.3) is 0 Å². The van der Waals surface area contributed by atoms with Crippen LogP contribution in [0.3, 0.4) is 0 Å². The Hall–Kier alpha value is -1.88. The van der Waals surface area contributed by atoms with Gasteiger partial charge in [-0.15, -0.1) is 0 Å². The van der Waals surface area contributed by atoms with Crippen LogP contribution >= 0.6 is 0 Å². The normalized spacial score (nSPS) is 12.8. The van der Waals surface area contributed by atoms with Crippen molar-refractivity contribution in [3.8, 4) is 0 Å². The number of ether oxygens (including phenoxy) is 1. The van der Waals surface area contributed by atoms with Crippen molar-refractivity contribution < 1.29 is 9.53 Å². The van der Waals surface area contributed by atoms with Crippen LogP contribution in [0.1, 0.15) is 25.8 Å². The SMILES string of the molecule is COC(=O)C(CC(C)C)NCc1cnn2ccccc12. The highest BCUT2D eigenvalue weighted by atomic mass is 16.5. The summed E-state index contributed by atoms with van der Waals surface area (Å²) in [5, 5.41) is 7.55. The Morgan fingerprint density at radius 2 is 2.25 bits per heavy atom. The summed E-state index contributed by atoms with van der Waals surface area (Å²) in [5.41, 5.74) is 2.12. The molecule has 0 fully saturated rings. The Bertz CT molecular complexity index is 577. The second kappa shape index (κ2) is 6.52. The molecule has 2 heterocycles. The van der Waals surface area contributed by atoms with Gasteiger partial charge in [-0.25, -0.2) is 4.52 Å². The fourth-order valence-electron chi connectivity index (χ4n) is 2.23. The van der Waals surface area contributed by atoms with Gasteiger partial charge in [0, 0.05) is 18.3 Å². The molecule has 0 bridgehead atoms. The van der Waals surface area contributed by atoms with Crippen LogP contribution in [0.15, 0.2) is 30.6 Å². The number of aromatic nitrogens is 2. The zero-order chi connectivity index (χ0) is 14.5. The Labute approximate surface area is 118 Å². The van der Waals surface area contributed by atoms with Crippen molar-refractivity contribution in [2.75, 3.05) is 7.11 Å². The molecule has 1 unspecified atom stereocenters. The lowest BCUT2D eigenvalue weighted by Crippen LogP contribution is -2.38. The third-order valence-electron chi connectivity index (χ3n) is 3.24. The van der Waals surface area contributed by atoms with E-state index < -0.39 is 0 Å². The summed E-state index contributed by atoms with van der Waals surface area (Å²) in [6, 6.07) is 5.65. The lowest BCUT2D eigenvalue weighted by atomic mass is 10.0. The van der Waals surface area contributed by atoms with Gasteiger partial charge in [-0.05, 0) is 24.5 Å². The topological polar surface area (TPSA) is 55.6 Å². The minimum Gasteiger partial charge on any atom is -0.468 e. The predicted molar refractivity (Wildman–Crippen MR) is 77.3 cm³/mol. The lowest BCUT2D eigenvalue weighted by Gasteiger charge is -2.18. The zero-order valence-electron chi connectivity index (χ0n) is 12.2. The highest BCUT2D eigenvalue weighted by Crippen LogP contribution is 2.12. The van der Waals surface area contributed by atoms with Crippen LogP contribution in [-0.4, -0.2) is 28.7 Å². The van der Waals surface area contributed by atoms with E-state index in [0.717, 1.165) is 17.5 Å². The summed E-state index contributed by atoms with van der Waals surface area (Å²) in [5.74, 6) is 0.214. The Balaban J connectivity index is 2.06. The van der Waals surface area contributed by atoms with Crippen LogP contribution in [0.2, 0.25) is 0 Å². The molecule has 2 rings (SSSR count). The van der Waals surface area contributed by atoms with Crippen molar-refractivity contribution in [1.29, 1.82) is 0 Å². The monoisotopic (exact) mass is 275 g/mol. The van der Waals surface area contributed by atoms with Crippen LogP contribution in [-0.2, 0) is 16.1 Å². The van der Waals surface area contributed by atoms with E-state index in [0.29, 0.717) is 12.5 Å². The number of hydrogen-bond donors (Lipinski definition) is 1. The largest absolute Gasteiger partial charge is 0.468 e. The molecule has 2 aromatic rings. The van der Waals surface area contributed by atoms with E-state index in [1.807, 2.05) is 35.1 Å². The van der Waals surface area contributed by atoms with Crippen molar-refractivity contribution in [1.82, 2.24) is 14.9 Å². The molecule has 1 atom stereocenters. The number of carbonyl (C=O) groups is 1. The summed E-state index contributed by atoms with van der Waals surface area (Å²) in [6.07, 6.45) is 4.49. The van der Waals surface area contributed by atoms with E-state index in [4.69, 9.17) is 4.74 Å². The predicted octanol–water partition coefficient (Wildman–Crippen LogP) is 2.01. The molecule has 0 amide bonds. The highest BCUT2D eigenvalue weighted by molar-refractivity contribution is 5.75. The van der Waals surface area contributed by atoms with Crippen LogP contribution in [0.5, 0.6) is 0 Å². The lowest BCUT2D eigenvalue weighted by molar-refractivity contribution is -0.143. The van der Waals surface area contributed by atoms with E-state index in [1.165, 1.54) is 7.11 Å². The Morgan fingerprint density at radius 3 is 2.95 bits per heavy atom. The first kappa shape index (κ1) is 14.5. The number of carbonyl (C=O) groups excluding carboxylic acids is 1. The first-order chi connectivity index (χ1) is 9.61. The number of methoxy groups -OCH3 is 1. The molecule has 0 aliphatic rings. The zero-order valence-corrected chi connectivity index (χ0v) is 12.2. The van der Waals surface area contributed by atoms with E-state index >= 15 is 0 Å². The molecular weight excluding hydrogens is 254 g/mol. The van der Waals surface area contributed by atoms with Crippen molar-refractivity contribution in [2.24, 2.45) is 5.92 Å². The number of hydrogen-bond acceptors (Lipinski definition) is 4. The Kier molecular flexibility index (Phi) is 4.74. The molecule has 20 heavy (non-hydrogen) atoms.